The van der Waals surface area contributed by atoms with Gasteiger partial charge >= 0.3 is 6.09 Å². The molecule has 1 N–H and O–H groups in total. The average molecular weight is 396 g/mol. The van der Waals surface area contributed by atoms with Gasteiger partial charge in [-0.2, -0.15) is 5.26 Å². The summed E-state index contributed by atoms with van der Waals surface area (Å²) < 4.78 is 0.725. The van der Waals surface area contributed by atoms with Gasteiger partial charge in [-0.25, -0.2) is 14.8 Å². The number of nitrogens with zero attached hydrogens (tertiary/aromatic N) is 4. The lowest BCUT2D eigenvalue weighted by atomic mass is 9.75. The molecule has 0 radical (unpaired) electrons. The first kappa shape index (κ1) is 16.0. The molecule has 1 aromatic heterocycles. The molecule has 2 heterocycles. The molecule has 1 amide bonds. The summed E-state index contributed by atoms with van der Waals surface area (Å²) in [5.74, 6) is 0. The number of rotatable bonds is 1. The van der Waals surface area contributed by atoms with Crippen molar-refractivity contribution < 1.29 is 9.90 Å². The van der Waals surface area contributed by atoms with Crippen LogP contribution in [-0.2, 0) is 5.41 Å². The van der Waals surface area contributed by atoms with E-state index in [1.54, 1.807) is 12.1 Å². The summed E-state index contributed by atoms with van der Waals surface area (Å²) in [5.41, 5.74) is 0.482. The Balaban J connectivity index is 2.10. The van der Waals surface area contributed by atoms with Gasteiger partial charge < -0.3 is 10.0 Å². The first-order valence-electron chi connectivity index (χ1n) is 6.96. The maximum absolute atomic E-state index is 11.1. The van der Waals surface area contributed by atoms with Crippen LogP contribution in [0.5, 0.6) is 0 Å². The molecule has 3 rings (SSSR count). The molecule has 1 aliphatic rings. The molecule has 1 aliphatic heterocycles. The highest BCUT2D eigenvalue weighted by Crippen LogP contribution is 2.38. The Morgan fingerprint density at radius 1 is 1.39 bits per heavy atom. The fourth-order valence-corrected chi connectivity index (χ4v) is 3.41. The van der Waals surface area contributed by atoms with E-state index in [1.807, 2.05) is 0 Å². The Kier molecular flexibility index (Phi) is 4.13. The lowest BCUT2D eigenvalue weighted by molar-refractivity contribution is 0.124. The number of nitriles is 1. The molecule has 0 saturated carbocycles. The molecule has 1 fully saturated rings. The van der Waals surface area contributed by atoms with Crippen LogP contribution in [0.2, 0.25) is 5.02 Å². The van der Waals surface area contributed by atoms with Crippen molar-refractivity contribution >= 4 is 44.5 Å². The zero-order valence-electron chi connectivity index (χ0n) is 12.0. The van der Waals surface area contributed by atoms with Crippen molar-refractivity contribution in [1.82, 2.24) is 14.9 Å². The second-order valence-electron chi connectivity index (χ2n) is 5.47. The van der Waals surface area contributed by atoms with E-state index in [2.05, 4.69) is 32.0 Å². The fraction of sp³-hybridized carbons (Fsp3) is 0.333. The molecule has 23 heavy (non-hydrogen) atoms. The zero-order chi connectivity index (χ0) is 16.6. The Morgan fingerprint density at radius 3 is 2.70 bits per heavy atom. The highest BCUT2D eigenvalue weighted by molar-refractivity contribution is 9.10. The lowest BCUT2D eigenvalue weighted by Gasteiger charge is -2.35. The van der Waals surface area contributed by atoms with Gasteiger partial charge in [0.05, 0.1) is 22.3 Å². The molecular formula is C15H12BrClN4O2. The Morgan fingerprint density at radius 2 is 2.09 bits per heavy atom. The summed E-state index contributed by atoms with van der Waals surface area (Å²) in [7, 11) is 0. The number of hydrogen-bond donors (Lipinski definition) is 1. The number of carboxylic acid groups (broad SMARTS) is 1. The van der Waals surface area contributed by atoms with E-state index in [9.17, 15) is 10.1 Å². The molecule has 0 atom stereocenters. The van der Waals surface area contributed by atoms with Gasteiger partial charge in [0.2, 0.25) is 0 Å². The van der Waals surface area contributed by atoms with E-state index in [-0.39, 0.29) is 0 Å². The number of hydrogen-bond acceptors (Lipinski definition) is 4. The van der Waals surface area contributed by atoms with Crippen LogP contribution in [0.25, 0.3) is 10.9 Å². The van der Waals surface area contributed by atoms with Crippen molar-refractivity contribution in [3.05, 3.63) is 33.6 Å². The second-order valence-corrected chi connectivity index (χ2v) is 6.73. The number of carbonyl (C=O) groups is 1. The number of likely N-dealkylation sites (tertiary alicyclic amines) is 1. The number of halogens is 2. The molecule has 6 nitrogen and oxygen atoms in total. The number of amides is 1. The minimum Gasteiger partial charge on any atom is -0.465 e. The third-order valence-corrected chi connectivity index (χ3v) is 5.43. The SMILES string of the molecule is N#CC1(c2ncnc3cc(Br)c(Cl)cc23)CCN(C(=O)O)CC1. The maximum atomic E-state index is 11.1. The van der Waals surface area contributed by atoms with Gasteiger partial charge in [-0.15, -0.1) is 0 Å². The van der Waals surface area contributed by atoms with Crippen molar-refractivity contribution in [1.29, 1.82) is 5.26 Å². The van der Waals surface area contributed by atoms with Crippen molar-refractivity contribution in [2.75, 3.05) is 13.1 Å². The molecule has 118 valence electrons. The van der Waals surface area contributed by atoms with Crippen LogP contribution in [0.3, 0.4) is 0 Å². The highest BCUT2D eigenvalue weighted by atomic mass is 79.9. The Labute approximate surface area is 145 Å². The van der Waals surface area contributed by atoms with Crippen LogP contribution in [0.15, 0.2) is 22.9 Å². The lowest BCUT2D eigenvalue weighted by Crippen LogP contribution is -2.44. The molecule has 0 aliphatic carbocycles. The maximum Gasteiger partial charge on any atom is 0.407 e. The van der Waals surface area contributed by atoms with Crippen LogP contribution in [0.1, 0.15) is 18.5 Å². The van der Waals surface area contributed by atoms with Crippen LogP contribution in [-0.4, -0.2) is 39.2 Å². The normalized spacial score (nSPS) is 17.0. The topological polar surface area (TPSA) is 90.1 Å². The molecule has 2 aromatic rings. The number of fused-ring (bicyclic) bond motifs is 1. The molecule has 1 saturated heterocycles. The predicted molar refractivity (Wildman–Crippen MR) is 88.4 cm³/mol. The van der Waals surface area contributed by atoms with Gasteiger partial charge in [0.25, 0.3) is 0 Å². The smallest absolute Gasteiger partial charge is 0.407 e. The van der Waals surface area contributed by atoms with Crippen LogP contribution >= 0.6 is 27.5 Å². The van der Waals surface area contributed by atoms with E-state index in [1.165, 1.54) is 11.2 Å². The van der Waals surface area contributed by atoms with Gasteiger partial charge in [0, 0.05) is 22.9 Å². The zero-order valence-corrected chi connectivity index (χ0v) is 14.3. The van der Waals surface area contributed by atoms with Gasteiger partial charge in [-0.3, -0.25) is 0 Å². The van der Waals surface area contributed by atoms with Crippen LogP contribution < -0.4 is 0 Å². The summed E-state index contributed by atoms with van der Waals surface area (Å²) in [6.07, 6.45) is 1.27. The standard InChI is InChI=1S/C15H12BrClN4O2/c16-10-6-12-9(5-11(10)17)13(20-8-19-12)15(7-18)1-3-21(4-2-15)14(22)23/h5-6,8H,1-4H2,(H,22,23). The minimum atomic E-state index is -0.962. The molecular weight excluding hydrogens is 384 g/mol. The van der Waals surface area contributed by atoms with Crippen LogP contribution in [0, 0.1) is 11.3 Å². The van der Waals surface area contributed by atoms with Crippen molar-refractivity contribution in [2.24, 2.45) is 0 Å². The quantitative estimate of drug-likeness (QED) is 0.797. The summed E-state index contributed by atoms with van der Waals surface area (Å²) >= 11 is 9.54. The van der Waals surface area contributed by atoms with Gasteiger partial charge in [-0.05, 0) is 40.9 Å². The summed E-state index contributed by atoms with van der Waals surface area (Å²) in [5, 5.41) is 20.1. The monoisotopic (exact) mass is 394 g/mol. The average Bonchev–Trinajstić information content (AvgIpc) is 2.55. The largest absolute Gasteiger partial charge is 0.465 e. The van der Waals surface area contributed by atoms with E-state index in [0.717, 1.165) is 9.86 Å². The first-order valence-corrected chi connectivity index (χ1v) is 8.13. The summed E-state index contributed by atoms with van der Waals surface area (Å²) in [6.45, 7) is 0.608. The van der Waals surface area contributed by atoms with Crippen molar-refractivity contribution in [3.8, 4) is 6.07 Å². The molecule has 0 spiro atoms. The third-order valence-electron chi connectivity index (χ3n) is 4.23. The number of aromatic nitrogens is 2. The number of piperidine rings is 1. The van der Waals surface area contributed by atoms with E-state index >= 15 is 0 Å². The van der Waals surface area contributed by atoms with Crippen molar-refractivity contribution in [2.45, 2.75) is 18.3 Å². The molecule has 0 unspecified atom stereocenters. The van der Waals surface area contributed by atoms with Gasteiger partial charge in [-0.1, -0.05) is 11.6 Å². The van der Waals surface area contributed by atoms with E-state index in [4.69, 9.17) is 16.7 Å². The minimum absolute atomic E-state index is 0.304. The number of benzene rings is 1. The molecule has 8 heteroatoms. The van der Waals surface area contributed by atoms with Gasteiger partial charge in [0.15, 0.2) is 0 Å². The molecule has 0 bridgehead atoms. The summed E-state index contributed by atoms with van der Waals surface area (Å²) in [4.78, 5) is 21.0. The Bertz CT molecular complexity index is 828. The third kappa shape index (κ3) is 2.73. The van der Waals surface area contributed by atoms with Crippen LogP contribution in [0.4, 0.5) is 4.79 Å². The summed E-state index contributed by atoms with van der Waals surface area (Å²) in [6, 6.07) is 5.90. The highest BCUT2D eigenvalue weighted by Gasteiger charge is 2.40. The van der Waals surface area contributed by atoms with E-state index in [0.29, 0.717) is 42.2 Å². The second kappa shape index (κ2) is 5.95. The predicted octanol–water partition coefficient (Wildman–Crippen LogP) is 3.58. The van der Waals surface area contributed by atoms with E-state index < -0.39 is 11.5 Å². The first-order chi connectivity index (χ1) is 11.0. The van der Waals surface area contributed by atoms with Gasteiger partial charge in [0.1, 0.15) is 11.7 Å². The van der Waals surface area contributed by atoms with Crippen molar-refractivity contribution in [3.63, 3.8) is 0 Å². The Hall–Kier alpha value is -1.91. The molecule has 1 aromatic carbocycles. The fourth-order valence-electron chi connectivity index (χ4n) is 2.91.